The van der Waals surface area contributed by atoms with E-state index in [1.807, 2.05) is 0 Å². The summed E-state index contributed by atoms with van der Waals surface area (Å²) in [5.74, 6) is -2.33. The molecule has 2 rings (SSSR count). The van der Waals surface area contributed by atoms with E-state index < -0.39 is 34.1 Å². The molecule has 2 aromatic rings. The Morgan fingerprint density at radius 2 is 1.96 bits per heavy atom. The number of benzene rings is 1. The number of aliphatic hydroxyl groups is 1. The highest BCUT2D eigenvalue weighted by molar-refractivity contribution is 7.91. The highest BCUT2D eigenvalue weighted by Crippen LogP contribution is 2.27. The van der Waals surface area contributed by atoms with Gasteiger partial charge in [-0.3, -0.25) is 9.78 Å². The fraction of sp³-hybridized carbons (Fsp3) is 0.250. The maximum absolute atomic E-state index is 13.3. The van der Waals surface area contributed by atoms with E-state index in [0.717, 1.165) is 12.3 Å². The van der Waals surface area contributed by atoms with Crippen LogP contribution in [0.15, 0.2) is 41.4 Å². The van der Waals surface area contributed by atoms with Crippen molar-refractivity contribution in [1.29, 1.82) is 0 Å². The van der Waals surface area contributed by atoms with E-state index in [4.69, 9.17) is 5.73 Å². The molecule has 0 spiro atoms. The quantitative estimate of drug-likeness (QED) is 0.812. The standard InChI is InChI=1S/C16H17FN2O4S/c1-2-24(22,23)12-5-3-10(4-6-12)14(9-20)15-13(16(18)21)7-11(17)8-19-15/h3-8,14,20H,2,9H2,1H3,(H2,18,21). The van der Waals surface area contributed by atoms with Gasteiger partial charge < -0.3 is 10.8 Å². The van der Waals surface area contributed by atoms with Gasteiger partial charge in [0.05, 0.1) is 40.6 Å². The zero-order valence-electron chi connectivity index (χ0n) is 12.9. The molecule has 0 aliphatic carbocycles. The van der Waals surface area contributed by atoms with Crippen molar-refractivity contribution in [2.45, 2.75) is 17.7 Å². The van der Waals surface area contributed by atoms with E-state index in [1.54, 1.807) is 6.92 Å². The zero-order valence-corrected chi connectivity index (χ0v) is 13.8. The lowest BCUT2D eigenvalue weighted by Gasteiger charge is -2.17. The number of nitrogens with zero attached hydrogens (tertiary/aromatic N) is 1. The van der Waals surface area contributed by atoms with Gasteiger partial charge in [-0.25, -0.2) is 12.8 Å². The lowest BCUT2D eigenvalue weighted by atomic mass is 9.93. The lowest BCUT2D eigenvalue weighted by molar-refractivity contribution is 0.0997. The average Bonchev–Trinajstić information content (AvgIpc) is 2.57. The Bertz CT molecular complexity index is 851. The lowest BCUT2D eigenvalue weighted by Crippen LogP contribution is -2.19. The molecule has 1 aromatic heterocycles. The van der Waals surface area contributed by atoms with Crippen molar-refractivity contribution in [2.24, 2.45) is 5.73 Å². The van der Waals surface area contributed by atoms with Crippen LogP contribution in [0.25, 0.3) is 0 Å². The molecular weight excluding hydrogens is 335 g/mol. The third-order valence-corrected chi connectivity index (χ3v) is 5.44. The number of aliphatic hydroxyl groups excluding tert-OH is 1. The van der Waals surface area contributed by atoms with Crippen LogP contribution in [0.5, 0.6) is 0 Å². The summed E-state index contributed by atoms with van der Waals surface area (Å²) >= 11 is 0. The minimum absolute atomic E-state index is 0.0267. The molecule has 0 radical (unpaired) electrons. The molecule has 0 saturated carbocycles. The maximum atomic E-state index is 13.3. The molecular formula is C16H17FN2O4S. The second kappa shape index (κ2) is 7.06. The molecule has 0 aliphatic heterocycles. The van der Waals surface area contributed by atoms with Crippen molar-refractivity contribution in [1.82, 2.24) is 4.98 Å². The normalized spacial score (nSPS) is 12.8. The van der Waals surface area contributed by atoms with Crippen molar-refractivity contribution >= 4 is 15.7 Å². The number of hydrogen-bond acceptors (Lipinski definition) is 5. The highest BCUT2D eigenvalue weighted by atomic mass is 32.2. The molecule has 1 heterocycles. The number of primary amides is 1. The molecule has 0 bridgehead atoms. The number of rotatable bonds is 6. The molecule has 6 nitrogen and oxygen atoms in total. The van der Waals surface area contributed by atoms with E-state index in [2.05, 4.69) is 4.98 Å². The van der Waals surface area contributed by atoms with E-state index in [-0.39, 0.29) is 21.9 Å². The molecule has 3 N–H and O–H groups in total. The first-order chi connectivity index (χ1) is 11.3. The number of sulfone groups is 1. The predicted molar refractivity (Wildman–Crippen MR) is 85.8 cm³/mol. The van der Waals surface area contributed by atoms with Crippen LogP contribution in [0.2, 0.25) is 0 Å². The van der Waals surface area contributed by atoms with Crippen LogP contribution in [0, 0.1) is 5.82 Å². The van der Waals surface area contributed by atoms with Crippen molar-refractivity contribution in [3.8, 4) is 0 Å². The smallest absolute Gasteiger partial charge is 0.250 e. The van der Waals surface area contributed by atoms with Crippen LogP contribution < -0.4 is 5.73 Å². The Morgan fingerprint density at radius 3 is 2.46 bits per heavy atom. The topological polar surface area (TPSA) is 110 Å². The molecule has 0 saturated heterocycles. The number of carbonyl (C=O) groups excluding carboxylic acids is 1. The summed E-state index contributed by atoms with van der Waals surface area (Å²) in [6.45, 7) is 1.14. The Hall–Kier alpha value is -2.32. The van der Waals surface area contributed by atoms with Crippen LogP contribution >= 0.6 is 0 Å². The largest absolute Gasteiger partial charge is 0.395 e. The summed E-state index contributed by atoms with van der Waals surface area (Å²) in [5, 5.41) is 9.68. The van der Waals surface area contributed by atoms with Crippen molar-refractivity contribution < 1.29 is 22.7 Å². The van der Waals surface area contributed by atoms with Crippen LogP contribution in [-0.4, -0.2) is 36.8 Å². The van der Waals surface area contributed by atoms with E-state index >= 15 is 0 Å². The minimum Gasteiger partial charge on any atom is -0.395 e. The number of carbonyl (C=O) groups is 1. The van der Waals surface area contributed by atoms with E-state index in [9.17, 15) is 22.7 Å². The van der Waals surface area contributed by atoms with Gasteiger partial charge in [-0.15, -0.1) is 0 Å². The first-order valence-corrected chi connectivity index (χ1v) is 8.84. The Balaban J connectivity index is 2.48. The average molecular weight is 352 g/mol. The van der Waals surface area contributed by atoms with E-state index in [1.165, 1.54) is 24.3 Å². The van der Waals surface area contributed by atoms with Crippen molar-refractivity contribution in [3.63, 3.8) is 0 Å². The third-order valence-electron chi connectivity index (χ3n) is 3.68. The first kappa shape index (κ1) is 18.0. The number of hydrogen-bond donors (Lipinski definition) is 2. The summed E-state index contributed by atoms with van der Waals surface area (Å²) in [6, 6.07) is 6.86. The monoisotopic (exact) mass is 352 g/mol. The number of amides is 1. The molecule has 8 heteroatoms. The minimum atomic E-state index is -3.34. The summed E-state index contributed by atoms with van der Waals surface area (Å²) in [5.41, 5.74) is 5.79. The summed E-state index contributed by atoms with van der Waals surface area (Å²) in [6.07, 6.45) is 0.931. The van der Waals surface area contributed by atoms with Gasteiger partial charge in [0.2, 0.25) is 0 Å². The fourth-order valence-corrected chi connectivity index (χ4v) is 3.23. The highest BCUT2D eigenvalue weighted by Gasteiger charge is 2.22. The molecule has 1 amide bonds. The maximum Gasteiger partial charge on any atom is 0.250 e. The molecule has 1 unspecified atom stereocenters. The SMILES string of the molecule is CCS(=O)(=O)c1ccc(C(CO)c2ncc(F)cc2C(N)=O)cc1. The molecule has 0 fully saturated rings. The third kappa shape index (κ3) is 3.60. The molecule has 24 heavy (non-hydrogen) atoms. The van der Waals surface area contributed by atoms with Gasteiger partial charge >= 0.3 is 0 Å². The van der Waals surface area contributed by atoms with E-state index in [0.29, 0.717) is 5.56 Å². The van der Waals surface area contributed by atoms with Gasteiger partial charge in [-0.2, -0.15) is 0 Å². The second-order valence-electron chi connectivity index (χ2n) is 5.16. The number of pyridine rings is 1. The molecule has 1 aromatic carbocycles. The number of aromatic nitrogens is 1. The van der Waals surface area contributed by atoms with Crippen LogP contribution in [0.3, 0.4) is 0 Å². The van der Waals surface area contributed by atoms with Gasteiger partial charge in [0, 0.05) is 0 Å². The zero-order chi connectivity index (χ0) is 17.9. The van der Waals surface area contributed by atoms with Crippen LogP contribution in [0.1, 0.15) is 34.5 Å². The molecule has 128 valence electrons. The summed E-state index contributed by atoms with van der Waals surface area (Å²) < 4.78 is 37.0. The van der Waals surface area contributed by atoms with Gasteiger partial charge in [-0.05, 0) is 23.8 Å². The van der Waals surface area contributed by atoms with Gasteiger partial charge in [-0.1, -0.05) is 19.1 Å². The van der Waals surface area contributed by atoms with Gasteiger partial charge in [0.1, 0.15) is 5.82 Å². The summed E-state index contributed by atoms with van der Waals surface area (Å²) in [4.78, 5) is 15.5. The molecule has 0 aliphatic rings. The van der Waals surface area contributed by atoms with Gasteiger partial charge in [0.15, 0.2) is 9.84 Å². The van der Waals surface area contributed by atoms with Crippen molar-refractivity contribution in [2.75, 3.05) is 12.4 Å². The fourth-order valence-electron chi connectivity index (χ4n) is 2.35. The predicted octanol–water partition coefficient (Wildman–Crippen LogP) is 1.24. The van der Waals surface area contributed by atoms with Crippen molar-refractivity contribution in [3.05, 3.63) is 59.2 Å². The Labute approximate surface area is 139 Å². The summed E-state index contributed by atoms with van der Waals surface area (Å²) in [7, 11) is -3.34. The second-order valence-corrected chi connectivity index (χ2v) is 7.44. The number of halogens is 1. The Morgan fingerprint density at radius 1 is 1.33 bits per heavy atom. The van der Waals surface area contributed by atoms with Crippen LogP contribution in [-0.2, 0) is 9.84 Å². The first-order valence-electron chi connectivity index (χ1n) is 7.19. The van der Waals surface area contributed by atoms with Gasteiger partial charge in [0.25, 0.3) is 5.91 Å². The Kier molecular flexibility index (Phi) is 5.30. The number of nitrogens with two attached hydrogens (primary N) is 1. The molecule has 1 atom stereocenters. The van der Waals surface area contributed by atoms with Crippen LogP contribution in [0.4, 0.5) is 4.39 Å².